The normalized spacial score (nSPS) is 14.6. The molecule has 1 aliphatic rings. The lowest BCUT2D eigenvalue weighted by atomic mass is 10.1. The van der Waals surface area contributed by atoms with Gasteiger partial charge in [0.2, 0.25) is 0 Å². The number of anilines is 1. The zero-order valence-electron chi connectivity index (χ0n) is 13.6. The van der Waals surface area contributed by atoms with Crippen LogP contribution >= 0.6 is 34.8 Å². The molecule has 0 radical (unpaired) electrons. The first-order chi connectivity index (χ1) is 12.0. The highest BCUT2D eigenvalue weighted by Crippen LogP contribution is 2.34. The summed E-state index contributed by atoms with van der Waals surface area (Å²) in [5.41, 5.74) is 1.53. The number of rotatable bonds is 3. The summed E-state index contributed by atoms with van der Waals surface area (Å²) in [6, 6.07) is 10.9. The number of methoxy groups -OCH3 is 1. The molecule has 0 N–H and O–H groups in total. The van der Waals surface area contributed by atoms with E-state index in [9.17, 15) is 4.79 Å². The van der Waals surface area contributed by atoms with Gasteiger partial charge in [0.15, 0.2) is 5.75 Å². The van der Waals surface area contributed by atoms with E-state index in [0.29, 0.717) is 39.5 Å². The Morgan fingerprint density at radius 2 is 1.64 bits per heavy atom. The Balaban J connectivity index is 1.69. The third-order valence-corrected chi connectivity index (χ3v) is 4.99. The van der Waals surface area contributed by atoms with Gasteiger partial charge in [-0.15, -0.1) is 0 Å². The van der Waals surface area contributed by atoms with Crippen LogP contribution in [0.25, 0.3) is 0 Å². The number of benzene rings is 2. The average Bonchev–Trinajstić information content (AvgIpc) is 2.61. The minimum Gasteiger partial charge on any atom is -0.494 e. The van der Waals surface area contributed by atoms with E-state index in [1.54, 1.807) is 17.0 Å². The molecule has 2 aromatic rings. The maximum Gasteiger partial charge on any atom is 0.254 e. The average molecular weight is 400 g/mol. The molecule has 1 amide bonds. The number of hydrogen-bond donors (Lipinski definition) is 0. The van der Waals surface area contributed by atoms with Crippen LogP contribution in [0.3, 0.4) is 0 Å². The lowest BCUT2D eigenvalue weighted by Gasteiger charge is -2.36. The molecule has 25 heavy (non-hydrogen) atoms. The fraction of sp³-hybridized carbons (Fsp3) is 0.278. The Morgan fingerprint density at radius 3 is 2.20 bits per heavy atom. The summed E-state index contributed by atoms with van der Waals surface area (Å²) in [5.74, 6) is 0.294. The van der Waals surface area contributed by atoms with Crippen molar-refractivity contribution in [2.45, 2.75) is 0 Å². The van der Waals surface area contributed by atoms with Gasteiger partial charge in [-0.2, -0.15) is 0 Å². The summed E-state index contributed by atoms with van der Waals surface area (Å²) in [7, 11) is 1.49. The van der Waals surface area contributed by atoms with Crippen molar-refractivity contribution in [3.05, 3.63) is 57.0 Å². The second-order valence-corrected chi connectivity index (χ2v) is 6.98. The van der Waals surface area contributed by atoms with E-state index >= 15 is 0 Å². The Morgan fingerprint density at radius 1 is 1.00 bits per heavy atom. The van der Waals surface area contributed by atoms with E-state index in [0.717, 1.165) is 18.8 Å². The first-order valence-corrected chi connectivity index (χ1v) is 8.96. The van der Waals surface area contributed by atoms with Gasteiger partial charge in [-0.05, 0) is 30.3 Å². The fourth-order valence-electron chi connectivity index (χ4n) is 2.90. The zero-order valence-corrected chi connectivity index (χ0v) is 15.9. The Labute approximate surface area is 161 Å². The summed E-state index contributed by atoms with van der Waals surface area (Å²) < 4.78 is 5.12. The molecule has 3 rings (SSSR count). The Bertz CT molecular complexity index is 767. The molecular formula is C18H17Cl3N2O2. The van der Waals surface area contributed by atoms with Gasteiger partial charge in [-0.3, -0.25) is 4.79 Å². The number of carbonyl (C=O) groups excluding carboxylic acids is 1. The summed E-state index contributed by atoms with van der Waals surface area (Å²) >= 11 is 18.3. The molecule has 1 aliphatic heterocycles. The van der Waals surface area contributed by atoms with E-state index in [-0.39, 0.29) is 5.91 Å². The molecule has 1 fully saturated rings. The molecule has 4 nitrogen and oxygen atoms in total. The van der Waals surface area contributed by atoms with Crippen LogP contribution in [0.2, 0.25) is 15.1 Å². The molecule has 132 valence electrons. The molecule has 1 heterocycles. The number of piperazine rings is 1. The van der Waals surface area contributed by atoms with Crippen LogP contribution in [0.5, 0.6) is 5.75 Å². The first-order valence-electron chi connectivity index (χ1n) is 7.82. The standard InChI is InChI=1S/C18H17Cl3N2O2/c1-25-17-15(20)9-12(10-16(17)21)18(24)23-7-5-22(6-8-23)14-4-2-3-13(19)11-14/h2-4,9-11H,5-8H2,1H3. The minimum atomic E-state index is -0.0859. The lowest BCUT2D eigenvalue weighted by Crippen LogP contribution is -2.48. The topological polar surface area (TPSA) is 32.8 Å². The maximum absolute atomic E-state index is 12.7. The van der Waals surface area contributed by atoms with Crippen molar-refractivity contribution in [1.82, 2.24) is 4.90 Å². The van der Waals surface area contributed by atoms with Crippen LogP contribution in [-0.4, -0.2) is 44.1 Å². The highest BCUT2D eigenvalue weighted by atomic mass is 35.5. The smallest absolute Gasteiger partial charge is 0.254 e. The van der Waals surface area contributed by atoms with Crippen LogP contribution in [0.1, 0.15) is 10.4 Å². The van der Waals surface area contributed by atoms with Crippen LogP contribution < -0.4 is 9.64 Å². The van der Waals surface area contributed by atoms with Crippen molar-refractivity contribution in [1.29, 1.82) is 0 Å². The molecule has 0 bridgehead atoms. The maximum atomic E-state index is 12.7. The molecule has 0 aliphatic carbocycles. The summed E-state index contributed by atoms with van der Waals surface area (Å²) in [4.78, 5) is 16.7. The lowest BCUT2D eigenvalue weighted by molar-refractivity contribution is 0.0747. The van der Waals surface area contributed by atoms with Crippen LogP contribution in [-0.2, 0) is 0 Å². The van der Waals surface area contributed by atoms with E-state index in [2.05, 4.69) is 4.90 Å². The number of amides is 1. The third kappa shape index (κ3) is 3.97. The van der Waals surface area contributed by atoms with Crippen molar-refractivity contribution in [3.63, 3.8) is 0 Å². The van der Waals surface area contributed by atoms with Crippen LogP contribution in [0.4, 0.5) is 5.69 Å². The van der Waals surface area contributed by atoms with Crippen molar-refractivity contribution in [3.8, 4) is 5.75 Å². The Kier molecular flexibility index (Phi) is 5.62. The van der Waals surface area contributed by atoms with E-state index in [1.165, 1.54) is 7.11 Å². The van der Waals surface area contributed by atoms with Gasteiger partial charge in [-0.1, -0.05) is 40.9 Å². The molecule has 2 aromatic carbocycles. The van der Waals surface area contributed by atoms with E-state index in [4.69, 9.17) is 39.5 Å². The summed E-state index contributed by atoms with van der Waals surface area (Å²) in [6.07, 6.45) is 0. The fourth-order valence-corrected chi connectivity index (χ4v) is 3.73. The van der Waals surface area contributed by atoms with Gasteiger partial charge in [0, 0.05) is 42.5 Å². The quantitative estimate of drug-likeness (QED) is 0.755. The molecule has 0 spiro atoms. The van der Waals surface area contributed by atoms with E-state index < -0.39 is 0 Å². The van der Waals surface area contributed by atoms with Gasteiger partial charge in [0.1, 0.15) is 0 Å². The summed E-state index contributed by atoms with van der Waals surface area (Å²) in [5, 5.41) is 1.37. The molecule has 0 aromatic heterocycles. The number of ether oxygens (including phenoxy) is 1. The van der Waals surface area contributed by atoms with Gasteiger partial charge in [-0.25, -0.2) is 0 Å². The van der Waals surface area contributed by atoms with Crippen molar-refractivity contribution >= 4 is 46.4 Å². The second-order valence-electron chi connectivity index (χ2n) is 5.73. The Hall–Kier alpha value is -1.62. The summed E-state index contributed by atoms with van der Waals surface area (Å²) in [6.45, 7) is 2.71. The van der Waals surface area contributed by atoms with Gasteiger partial charge < -0.3 is 14.5 Å². The molecule has 0 unspecified atom stereocenters. The van der Waals surface area contributed by atoms with Gasteiger partial charge >= 0.3 is 0 Å². The third-order valence-electron chi connectivity index (χ3n) is 4.19. The molecule has 1 saturated heterocycles. The van der Waals surface area contributed by atoms with Crippen LogP contribution in [0, 0.1) is 0 Å². The molecule has 0 atom stereocenters. The van der Waals surface area contributed by atoms with Crippen LogP contribution in [0.15, 0.2) is 36.4 Å². The number of nitrogens with zero attached hydrogens (tertiary/aromatic N) is 2. The largest absolute Gasteiger partial charge is 0.494 e. The highest BCUT2D eigenvalue weighted by molar-refractivity contribution is 6.37. The number of carbonyl (C=O) groups is 1. The molecule has 0 saturated carbocycles. The first kappa shape index (κ1) is 18.2. The van der Waals surface area contributed by atoms with E-state index in [1.807, 2.05) is 24.3 Å². The predicted molar refractivity (Wildman–Crippen MR) is 103 cm³/mol. The second kappa shape index (κ2) is 7.73. The monoisotopic (exact) mass is 398 g/mol. The molecule has 7 heteroatoms. The van der Waals surface area contributed by atoms with Gasteiger partial charge in [0.05, 0.1) is 17.2 Å². The van der Waals surface area contributed by atoms with Crippen molar-refractivity contribution in [2.24, 2.45) is 0 Å². The highest BCUT2D eigenvalue weighted by Gasteiger charge is 2.24. The van der Waals surface area contributed by atoms with Crippen molar-refractivity contribution < 1.29 is 9.53 Å². The molecular weight excluding hydrogens is 383 g/mol. The van der Waals surface area contributed by atoms with Crippen molar-refractivity contribution in [2.75, 3.05) is 38.2 Å². The predicted octanol–water partition coefficient (Wildman–Crippen LogP) is 4.62. The minimum absolute atomic E-state index is 0.0859. The number of halogens is 3. The number of hydrogen-bond acceptors (Lipinski definition) is 3. The van der Waals surface area contributed by atoms with Gasteiger partial charge in [0.25, 0.3) is 5.91 Å². The SMILES string of the molecule is COc1c(Cl)cc(C(=O)N2CCN(c3cccc(Cl)c3)CC2)cc1Cl. The zero-order chi connectivity index (χ0) is 18.0.